The molecule has 4 nitrogen and oxygen atoms in total. The number of alkyl halides is 3. The molecule has 0 aromatic carbocycles. The second kappa shape index (κ2) is 7.17. The van der Waals surface area contributed by atoms with Gasteiger partial charge in [-0.05, 0) is 30.4 Å². The number of amides is 1. The lowest BCUT2D eigenvalue weighted by Gasteiger charge is -2.23. The third-order valence-electron chi connectivity index (χ3n) is 4.92. The summed E-state index contributed by atoms with van der Waals surface area (Å²) >= 11 is 0. The van der Waals surface area contributed by atoms with Gasteiger partial charge in [0.2, 0.25) is 5.91 Å². The van der Waals surface area contributed by atoms with Crippen LogP contribution in [-0.4, -0.2) is 15.3 Å². The lowest BCUT2D eigenvalue weighted by molar-refractivity contribution is -0.137. The van der Waals surface area contributed by atoms with E-state index in [9.17, 15) is 18.0 Å². The third kappa shape index (κ3) is 4.62. The van der Waals surface area contributed by atoms with E-state index in [1.54, 1.807) is 0 Å². The van der Waals surface area contributed by atoms with E-state index in [0.717, 1.165) is 44.4 Å². The number of nitrogens with one attached hydrogen (secondary N) is 1. The second-order valence-corrected chi connectivity index (χ2v) is 8.61. The number of hydrogen-bond acceptors (Lipinski definition) is 2. The molecule has 1 saturated carbocycles. The van der Waals surface area contributed by atoms with Gasteiger partial charge in [0.25, 0.3) is 0 Å². The van der Waals surface area contributed by atoms with Crippen molar-refractivity contribution in [3.05, 3.63) is 29.6 Å². The van der Waals surface area contributed by atoms with Gasteiger partial charge in [-0.1, -0.05) is 40.0 Å². The fourth-order valence-corrected chi connectivity index (χ4v) is 3.75. The van der Waals surface area contributed by atoms with Crippen molar-refractivity contribution in [2.24, 2.45) is 5.41 Å². The first-order chi connectivity index (χ1) is 12.5. The van der Waals surface area contributed by atoms with Crippen LogP contribution < -0.4 is 5.32 Å². The number of pyridine rings is 1. The Kier molecular flexibility index (Phi) is 5.23. The van der Waals surface area contributed by atoms with Gasteiger partial charge in [0.15, 0.2) is 5.82 Å². The maximum Gasteiger partial charge on any atom is 0.417 e. The minimum absolute atomic E-state index is 0.0992. The Labute approximate surface area is 157 Å². The number of nitrogens with zero attached hydrogens (tertiary/aromatic N) is 2. The molecular weight excluding hydrogens is 355 g/mol. The molecule has 2 aromatic heterocycles. The first kappa shape index (κ1) is 19.7. The zero-order valence-corrected chi connectivity index (χ0v) is 16.0. The summed E-state index contributed by atoms with van der Waals surface area (Å²) in [7, 11) is 0. The topological polar surface area (TPSA) is 46.4 Å². The number of anilines is 1. The van der Waals surface area contributed by atoms with Crippen LogP contribution in [0.25, 0.3) is 5.65 Å². The normalized spacial score (nSPS) is 16.7. The minimum atomic E-state index is -4.42. The molecule has 1 fully saturated rings. The number of imidazole rings is 1. The van der Waals surface area contributed by atoms with Gasteiger partial charge in [0, 0.05) is 18.5 Å². The van der Waals surface area contributed by atoms with Crippen molar-refractivity contribution >= 4 is 17.4 Å². The number of fused-ring (bicyclic) bond motifs is 1. The summed E-state index contributed by atoms with van der Waals surface area (Å²) in [5, 5.41) is 2.86. The third-order valence-corrected chi connectivity index (χ3v) is 4.92. The van der Waals surface area contributed by atoms with Crippen LogP contribution in [0.15, 0.2) is 18.3 Å². The average molecular weight is 381 g/mol. The number of carbonyl (C=O) groups excluding carboxylic acids is 1. The summed E-state index contributed by atoms with van der Waals surface area (Å²) in [5.74, 6) is 0.330. The van der Waals surface area contributed by atoms with E-state index in [4.69, 9.17) is 0 Å². The van der Waals surface area contributed by atoms with Crippen molar-refractivity contribution in [3.8, 4) is 0 Å². The molecule has 0 radical (unpaired) electrons. The van der Waals surface area contributed by atoms with Crippen LogP contribution in [0.4, 0.5) is 19.0 Å². The van der Waals surface area contributed by atoms with Gasteiger partial charge in [-0.3, -0.25) is 4.79 Å². The Morgan fingerprint density at radius 1 is 1.19 bits per heavy atom. The zero-order valence-electron chi connectivity index (χ0n) is 16.0. The van der Waals surface area contributed by atoms with Crippen LogP contribution in [0.2, 0.25) is 0 Å². The highest BCUT2D eigenvalue weighted by Crippen LogP contribution is 2.38. The van der Waals surface area contributed by atoms with Gasteiger partial charge in [0.05, 0.1) is 11.3 Å². The monoisotopic (exact) mass is 381 g/mol. The number of hydrogen-bond donors (Lipinski definition) is 1. The van der Waals surface area contributed by atoms with Gasteiger partial charge in [-0.25, -0.2) is 4.98 Å². The summed E-state index contributed by atoms with van der Waals surface area (Å²) in [6.07, 6.45) is 1.99. The first-order valence-electron chi connectivity index (χ1n) is 9.44. The van der Waals surface area contributed by atoms with Gasteiger partial charge in [0.1, 0.15) is 5.65 Å². The van der Waals surface area contributed by atoms with Crippen LogP contribution in [0, 0.1) is 5.41 Å². The van der Waals surface area contributed by atoms with Crippen molar-refractivity contribution < 1.29 is 18.0 Å². The van der Waals surface area contributed by atoms with E-state index in [1.165, 1.54) is 10.5 Å². The predicted molar refractivity (Wildman–Crippen MR) is 98.7 cm³/mol. The number of aromatic nitrogens is 2. The van der Waals surface area contributed by atoms with E-state index >= 15 is 0 Å². The summed E-state index contributed by atoms with van der Waals surface area (Å²) in [5.41, 5.74) is 0.224. The fourth-order valence-electron chi connectivity index (χ4n) is 3.75. The molecule has 1 aliphatic rings. The zero-order chi connectivity index (χ0) is 19.8. The minimum Gasteiger partial charge on any atom is -0.309 e. The number of rotatable bonds is 3. The lowest BCUT2D eigenvalue weighted by atomic mass is 9.86. The van der Waals surface area contributed by atoms with E-state index < -0.39 is 11.7 Å². The van der Waals surface area contributed by atoms with Gasteiger partial charge >= 0.3 is 6.18 Å². The maximum atomic E-state index is 13.2. The molecule has 0 spiro atoms. The van der Waals surface area contributed by atoms with Crippen molar-refractivity contribution in [2.75, 3.05) is 5.32 Å². The Morgan fingerprint density at radius 2 is 1.85 bits per heavy atom. The molecule has 1 amide bonds. The molecule has 3 rings (SSSR count). The van der Waals surface area contributed by atoms with Gasteiger partial charge in [-0.15, -0.1) is 0 Å². The Bertz CT molecular complexity index is 827. The molecule has 0 saturated heterocycles. The molecule has 0 bridgehead atoms. The molecule has 148 valence electrons. The lowest BCUT2D eigenvalue weighted by Crippen LogP contribution is -2.21. The Morgan fingerprint density at radius 3 is 2.44 bits per heavy atom. The first-order valence-corrected chi connectivity index (χ1v) is 9.44. The number of halogens is 3. The van der Waals surface area contributed by atoms with Crippen LogP contribution >= 0.6 is 0 Å². The molecule has 2 heterocycles. The van der Waals surface area contributed by atoms with Gasteiger partial charge in [-0.2, -0.15) is 13.2 Å². The smallest absolute Gasteiger partial charge is 0.309 e. The SMILES string of the molecule is CC(C)(C)CC(=O)Nc1nc2ccc(C(F)(F)F)cn2c1C1CCCCC1. The maximum absolute atomic E-state index is 13.2. The molecule has 2 aromatic rings. The molecule has 1 aliphatic carbocycles. The summed E-state index contributed by atoms with van der Waals surface area (Å²) in [6, 6.07) is 2.41. The van der Waals surface area contributed by atoms with Crippen molar-refractivity contribution in [1.29, 1.82) is 0 Å². The number of carbonyl (C=O) groups is 1. The summed E-state index contributed by atoms with van der Waals surface area (Å²) < 4.78 is 41.1. The van der Waals surface area contributed by atoms with Gasteiger partial charge < -0.3 is 9.72 Å². The van der Waals surface area contributed by atoms with E-state index in [2.05, 4.69) is 10.3 Å². The highest BCUT2D eigenvalue weighted by Gasteiger charge is 2.32. The average Bonchev–Trinajstić information content (AvgIpc) is 2.89. The Hall–Kier alpha value is -2.05. The molecule has 0 aliphatic heterocycles. The highest BCUT2D eigenvalue weighted by atomic mass is 19.4. The molecule has 0 unspecified atom stereocenters. The van der Waals surface area contributed by atoms with Crippen molar-refractivity contribution in [3.63, 3.8) is 0 Å². The molecule has 1 N–H and O–H groups in total. The van der Waals surface area contributed by atoms with Crippen LogP contribution in [0.5, 0.6) is 0 Å². The van der Waals surface area contributed by atoms with Crippen LogP contribution in [0.3, 0.4) is 0 Å². The molecular formula is C20H26F3N3O. The van der Waals surface area contributed by atoms with E-state index in [-0.39, 0.29) is 17.2 Å². The quantitative estimate of drug-likeness (QED) is 0.733. The van der Waals surface area contributed by atoms with Crippen molar-refractivity contribution in [1.82, 2.24) is 9.38 Å². The standard InChI is InChI=1S/C20H26F3N3O/c1-19(2,3)11-16(27)25-18-17(13-7-5-4-6-8-13)26-12-14(20(21,22)23)9-10-15(26)24-18/h9-10,12-13H,4-8,11H2,1-3H3,(H,25,27). The van der Waals surface area contributed by atoms with Crippen LogP contribution in [0.1, 0.15) is 76.5 Å². The molecule has 7 heteroatoms. The van der Waals surface area contributed by atoms with Crippen LogP contribution in [-0.2, 0) is 11.0 Å². The van der Waals surface area contributed by atoms with E-state index in [0.29, 0.717) is 23.6 Å². The summed E-state index contributed by atoms with van der Waals surface area (Å²) in [4.78, 5) is 16.9. The van der Waals surface area contributed by atoms with Crippen molar-refractivity contribution in [2.45, 2.75) is 71.4 Å². The second-order valence-electron chi connectivity index (χ2n) is 8.61. The highest BCUT2D eigenvalue weighted by molar-refractivity contribution is 5.91. The molecule has 27 heavy (non-hydrogen) atoms. The Balaban J connectivity index is 2.04. The summed E-state index contributed by atoms with van der Waals surface area (Å²) in [6.45, 7) is 5.90. The molecule has 0 atom stereocenters. The largest absolute Gasteiger partial charge is 0.417 e. The predicted octanol–water partition coefficient (Wildman–Crippen LogP) is 5.78. The van der Waals surface area contributed by atoms with E-state index in [1.807, 2.05) is 20.8 Å². The fraction of sp³-hybridized carbons (Fsp3) is 0.600.